The van der Waals surface area contributed by atoms with Crippen molar-refractivity contribution in [2.45, 2.75) is 46.7 Å². The Bertz CT molecular complexity index is 1280. The van der Waals surface area contributed by atoms with E-state index < -0.39 is 17.2 Å². The summed E-state index contributed by atoms with van der Waals surface area (Å²) in [5.74, 6) is -1.78. The lowest BCUT2D eigenvalue weighted by molar-refractivity contribution is -0.117. The smallest absolute Gasteiger partial charge is 0.331 e. The van der Waals surface area contributed by atoms with Gasteiger partial charge in [0.1, 0.15) is 5.82 Å². The molecule has 1 aromatic heterocycles. The fourth-order valence-electron chi connectivity index (χ4n) is 3.68. The minimum atomic E-state index is -0.771. The summed E-state index contributed by atoms with van der Waals surface area (Å²) in [6, 6.07) is 8.00. The molecule has 3 aromatic rings. The van der Waals surface area contributed by atoms with Gasteiger partial charge in [0.25, 0.3) is 5.56 Å². The van der Waals surface area contributed by atoms with E-state index in [-0.39, 0.29) is 42.8 Å². The van der Waals surface area contributed by atoms with Crippen LogP contribution in [0.3, 0.4) is 0 Å². The van der Waals surface area contributed by atoms with Crippen LogP contribution in [-0.2, 0) is 17.9 Å². The van der Waals surface area contributed by atoms with Gasteiger partial charge in [0.2, 0.25) is 5.91 Å². The number of nitrogens with zero attached hydrogens (tertiary/aromatic N) is 2. The molecule has 0 fully saturated rings. The van der Waals surface area contributed by atoms with Crippen molar-refractivity contribution in [3.8, 4) is 5.75 Å². The van der Waals surface area contributed by atoms with E-state index >= 15 is 0 Å². The summed E-state index contributed by atoms with van der Waals surface area (Å²) in [7, 11) is 0. The van der Waals surface area contributed by atoms with Crippen molar-refractivity contribution < 1.29 is 18.3 Å². The molecule has 1 N–H and O–H groups in total. The zero-order valence-electron chi connectivity index (χ0n) is 18.9. The summed E-state index contributed by atoms with van der Waals surface area (Å²) in [5, 5.41) is 3.15. The Balaban J connectivity index is 1.64. The van der Waals surface area contributed by atoms with Crippen molar-refractivity contribution in [2.24, 2.45) is 5.92 Å². The molecular weight excluding hydrogens is 432 g/mol. The summed E-state index contributed by atoms with van der Waals surface area (Å²) < 4.78 is 34.6. The standard InChI is InChI=1S/C24H27F2N3O4/c1-4-28-20-8-7-17(14-18(20)23(31)29(5-2)24(28)32)27-22(30)12-15(3)10-11-33-21-9-6-16(25)13-19(21)26/h6-9,13-15H,4-5,10-12H2,1-3H3,(H,27,30)/t15-/m0/s1. The van der Waals surface area contributed by atoms with Gasteiger partial charge in [-0.1, -0.05) is 6.92 Å². The monoisotopic (exact) mass is 459 g/mol. The molecule has 2 aromatic carbocycles. The zero-order valence-corrected chi connectivity index (χ0v) is 18.9. The summed E-state index contributed by atoms with van der Waals surface area (Å²) >= 11 is 0. The van der Waals surface area contributed by atoms with Gasteiger partial charge in [-0.2, -0.15) is 0 Å². The van der Waals surface area contributed by atoms with Gasteiger partial charge < -0.3 is 10.1 Å². The number of halogens is 2. The van der Waals surface area contributed by atoms with Crippen LogP contribution in [0.1, 0.15) is 33.6 Å². The Kier molecular flexibility index (Phi) is 7.63. The number of anilines is 1. The van der Waals surface area contributed by atoms with Crippen LogP contribution in [0, 0.1) is 17.6 Å². The van der Waals surface area contributed by atoms with Crippen molar-refractivity contribution >= 4 is 22.5 Å². The maximum Gasteiger partial charge on any atom is 0.331 e. The number of hydrogen-bond acceptors (Lipinski definition) is 4. The zero-order chi connectivity index (χ0) is 24.1. The van der Waals surface area contributed by atoms with Gasteiger partial charge in [-0.25, -0.2) is 13.6 Å². The Hall–Kier alpha value is -3.49. The topological polar surface area (TPSA) is 82.3 Å². The fraction of sp³-hybridized carbons (Fsp3) is 0.375. The van der Waals surface area contributed by atoms with Gasteiger partial charge in [-0.15, -0.1) is 0 Å². The molecule has 33 heavy (non-hydrogen) atoms. The van der Waals surface area contributed by atoms with Crippen LogP contribution in [0.2, 0.25) is 0 Å². The van der Waals surface area contributed by atoms with Gasteiger partial charge in [-0.05, 0) is 56.5 Å². The number of hydrogen-bond donors (Lipinski definition) is 1. The molecule has 176 valence electrons. The summed E-state index contributed by atoms with van der Waals surface area (Å²) in [4.78, 5) is 37.7. The van der Waals surface area contributed by atoms with Crippen LogP contribution < -0.4 is 21.3 Å². The van der Waals surface area contributed by atoms with E-state index in [0.717, 1.165) is 12.1 Å². The van der Waals surface area contributed by atoms with Crippen LogP contribution >= 0.6 is 0 Å². The van der Waals surface area contributed by atoms with Crippen LogP contribution in [-0.4, -0.2) is 21.6 Å². The van der Waals surface area contributed by atoms with Crippen molar-refractivity contribution in [1.82, 2.24) is 9.13 Å². The molecule has 1 amide bonds. The molecule has 0 unspecified atom stereocenters. The highest BCUT2D eigenvalue weighted by atomic mass is 19.1. The summed E-state index contributed by atoms with van der Waals surface area (Å²) in [5.41, 5.74) is 0.238. The third kappa shape index (κ3) is 5.47. The van der Waals surface area contributed by atoms with Crippen molar-refractivity contribution in [1.29, 1.82) is 0 Å². The Labute approximate surface area is 189 Å². The quantitative estimate of drug-likeness (QED) is 0.526. The molecule has 7 nitrogen and oxygen atoms in total. The first-order valence-corrected chi connectivity index (χ1v) is 10.9. The molecule has 0 saturated heterocycles. The van der Waals surface area contributed by atoms with Gasteiger partial charge in [0.15, 0.2) is 11.6 Å². The Morgan fingerprint density at radius 3 is 2.45 bits per heavy atom. The van der Waals surface area contributed by atoms with E-state index in [0.29, 0.717) is 29.6 Å². The molecule has 0 aliphatic carbocycles. The minimum Gasteiger partial charge on any atom is -0.491 e. The molecule has 3 rings (SSSR count). The van der Waals surface area contributed by atoms with E-state index in [2.05, 4.69) is 5.32 Å². The highest BCUT2D eigenvalue weighted by molar-refractivity contribution is 5.93. The SMILES string of the molecule is CCn1c(=O)c2cc(NC(=O)C[C@@H](C)CCOc3ccc(F)cc3F)ccc2n(CC)c1=O. The number of benzene rings is 2. The fourth-order valence-corrected chi connectivity index (χ4v) is 3.68. The number of aromatic nitrogens is 2. The number of amides is 1. The van der Waals surface area contributed by atoms with Crippen LogP contribution in [0.25, 0.3) is 10.9 Å². The van der Waals surface area contributed by atoms with Crippen molar-refractivity contribution in [3.63, 3.8) is 0 Å². The molecule has 1 atom stereocenters. The summed E-state index contributed by atoms with van der Waals surface area (Å²) in [6.45, 7) is 6.28. The first kappa shape index (κ1) is 24.2. The molecule has 0 radical (unpaired) electrons. The lowest BCUT2D eigenvalue weighted by Crippen LogP contribution is -2.39. The van der Waals surface area contributed by atoms with Crippen LogP contribution in [0.5, 0.6) is 5.75 Å². The van der Waals surface area contributed by atoms with Gasteiger partial charge in [0, 0.05) is 31.3 Å². The maximum atomic E-state index is 13.6. The van der Waals surface area contributed by atoms with E-state index in [1.165, 1.54) is 15.2 Å². The van der Waals surface area contributed by atoms with Crippen LogP contribution in [0.15, 0.2) is 46.0 Å². The Morgan fingerprint density at radius 2 is 1.79 bits per heavy atom. The first-order valence-electron chi connectivity index (χ1n) is 10.9. The molecule has 0 bridgehead atoms. The van der Waals surface area contributed by atoms with E-state index in [9.17, 15) is 23.2 Å². The molecule has 0 saturated carbocycles. The lowest BCUT2D eigenvalue weighted by atomic mass is 10.0. The Morgan fingerprint density at radius 1 is 1.06 bits per heavy atom. The maximum absolute atomic E-state index is 13.6. The highest BCUT2D eigenvalue weighted by Gasteiger charge is 2.14. The van der Waals surface area contributed by atoms with Gasteiger partial charge in [0.05, 0.1) is 17.5 Å². The molecule has 9 heteroatoms. The van der Waals surface area contributed by atoms with Gasteiger partial charge >= 0.3 is 5.69 Å². The number of rotatable bonds is 9. The lowest BCUT2D eigenvalue weighted by Gasteiger charge is -2.14. The molecule has 1 heterocycles. The predicted octanol–water partition coefficient (Wildman–Crippen LogP) is 3.92. The van der Waals surface area contributed by atoms with E-state index in [4.69, 9.17) is 4.74 Å². The number of ether oxygens (including phenoxy) is 1. The van der Waals surface area contributed by atoms with E-state index in [1.54, 1.807) is 25.1 Å². The second kappa shape index (κ2) is 10.4. The number of nitrogens with one attached hydrogen (secondary N) is 1. The number of aryl methyl sites for hydroxylation is 1. The first-order chi connectivity index (χ1) is 15.7. The molecule has 0 aliphatic heterocycles. The second-order valence-corrected chi connectivity index (χ2v) is 7.88. The largest absolute Gasteiger partial charge is 0.491 e. The van der Waals surface area contributed by atoms with Gasteiger partial charge in [-0.3, -0.25) is 18.7 Å². The predicted molar refractivity (Wildman–Crippen MR) is 123 cm³/mol. The number of carbonyl (C=O) groups is 1. The third-order valence-electron chi connectivity index (χ3n) is 5.44. The average Bonchev–Trinajstić information content (AvgIpc) is 2.76. The molecule has 0 spiro atoms. The van der Waals surface area contributed by atoms with E-state index in [1.807, 2.05) is 13.8 Å². The third-order valence-corrected chi connectivity index (χ3v) is 5.44. The van der Waals surface area contributed by atoms with Crippen molar-refractivity contribution in [2.75, 3.05) is 11.9 Å². The van der Waals surface area contributed by atoms with Crippen molar-refractivity contribution in [3.05, 3.63) is 68.9 Å². The summed E-state index contributed by atoms with van der Waals surface area (Å²) in [6.07, 6.45) is 0.687. The second-order valence-electron chi connectivity index (χ2n) is 7.88. The minimum absolute atomic E-state index is 0.0347. The highest BCUT2D eigenvalue weighted by Crippen LogP contribution is 2.20. The average molecular weight is 459 g/mol. The molecular formula is C24H27F2N3O4. The normalized spacial score (nSPS) is 12.0. The number of carbonyl (C=O) groups excluding carboxylic acids is 1. The van der Waals surface area contributed by atoms with Crippen LogP contribution in [0.4, 0.5) is 14.5 Å². The molecule has 0 aliphatic rings. The number of fused-ring (bicyclic) bond motifs is 1.